The highest BCUT2D eigenvalue weighted by Gasteiger charge is 2.14. The van der Waals surface area contributed by atoms with Gasteiger partial charge in [-0.15, -0.1) is 0 Å². The van der Waals surface area contributed by atoms with Crippen LogP contribution < -0.4 is 5.32 Å². The van der Waals surface area contributed by atoms with Gasteiger partial charge in [-0.25, -0.2) is 4.79 Å². The Morgan fingerprint density at radius 1 is 1.42 bits per heavy atom. The first-order valence-electron chi connectivity index (χ1n) is 6.79. The van der Waals surface area contributed by atoms with Crippen LogP contribution in [-0.2, 0) is 16.0 Å². The molecule has 1 aromatic heterocycles. The van der Waals surface area contributed by atoms with Gasteiger partial charge in [-0.1, -0.05) is 12.8 Å². The summed E-state index contributed by atoms with van der Waals surface area (Å²) >= 11 is 0. The van der Waals surface area contributed by atoms with E-state index in [0.717, 1.165) is 18.9 Å². The normalized spacial score (nSPS) is 15.8. The summed E-state index contributed by atoms with van der Waals surface area (Å²) in [6.07, 6.45) is 5.43. The van der Waals surface area contributed by atoms with E-state index in [2.05, 4.69) is 10.1 Å². The number of carbonyl (C=O) groups excluding carboxylic acids is 1. The highest BCUT2D eigenvalue weighted by atomic mass is 16.5. The predicted octanol–water partition coefficient (Wildman–Crippen LogP) is 2.11. The Kier molecular flexibility index (Phi) is 5.42. The molecule has 1 saturated carbocycles. The molecule has 0 spiro atoms. The Morgan fingerprint density at radius 3 is 2.95 bits per heavy atom. The standard InChI is InChI=1S/C14H21NO4/c1-17-14(16)13-7-6-12(19-13)10-15-8-9-18-11-4-2-3-5-11/h6-7,11,15H,2-5,8-10H2,1H3. The SMILES string of the molecule is COC(=O)c1ccc(CNCCOC2CCCC2)o1. The van der Waals surface area contributed by atoms with Gasteiger partial charge in [0.15, 0.2) is 0 Å². The van der Waals surface area contributed by atoms with Crippen LogP contribution in [0.25, 0.3) is 0 Å². The van der Waals surface area contributed by atoms with E-state index >= 15 is 0 Å². The molecule has 1 N–H and O–H groups in total. The number of methoxy groups -OCH3 is 1. The third kappa shape index (κ3) is 4.36. The molecule has 5 heteroatoms. The van der Waals surface area contributed by atoms with Crippen molar-refractivity contribution in [1.82, 2.24) is 5.32 Å². The molecule has 0 atom stereocenters. The average Bonchev–Trinajstić information content (AvgIpc) is 3.08. The van der Waals surface area contributed by atoms with Gasteiger partial charge in [0.05, 0.1) is 26.4 Å². The van der Waals surface area contributed by atoms with Gasteiger partial charge >= 0.3 is 5.97 Å². The van der Waals surface area contributed by atoms with Crippen LogP contribution in [0.3, 0.4) is 0 Å². The van der Waals surface area contributed by atoms with E-state index in [1.807, 2.05) is 0 Å². The lowest BCUT2D eigenvalue weighted by Gasteiger charge is -2.10. The molecule has 0 unspecified atom stereocenters. The topological polar surface area (TPSA) is 60.7 Å². The summed E-state index contributed by atoms with van der Waals surface area (Å²) in [4.78, 5) is 11.2. The fourth-order valence-electron chi connectivity index (χ4n) is 2.25. The molecule has 106 valence electrons. The van der Waals surface area contributed by atoms with Gasteiger partial charge in [-0.3, -0.25) is 0 Å². The maximum absolute atomic E-state index is 11.2. The molecule has 1 aromatic rings. The first-order chi connectivity index (χ1) is 9.29. The Morgan fingerprint density at radius 2 is 2.21 bits per heavy atom. The summed E-state index contributed by atoms with van der Waals surface area (Å²) in [5, 5.41) is 3.23. The van der Waals surface area contributed by atoms with E-state index in [0.29, 0.717) is 12.6 Å². The number of furan rings is 1. The van der Waals surface area contributed by atoms with Gasteiger partial charge in [-0.05, 0) is 25.0 Å². The number of nitrogens with one attached hydrogen (secondary N) is 1. The summed E-state index contributed by atoms with van der Waals surface area (Å²) in [6.45, 7) is 2.09. The Balaban J connectivity index is 1.60. The summed E-state index contributed by atoms with van der Waals surface area (Å²) in [6, 6.07) is 3.40. The predicted molar refractivity (Wildman–Crippen MR) is 70.0 cm³/mol. The number of carbonyl (C=O) groups is 1. The molecule has 1 aliphatic rings. The van der Waals surface area contributed by atoms with Crippen LogP contribution in [0, 0.1) is 0 Å². The van der Waals surface area contributed by atoms with E-state index in [9.17, 15) is 4.79 Å². The summed E-state index contributed by atoms with van der Waals surface area (Å²) < 4.78 is 15.6. The van der Waals surface area contributed by atoms with Crippen molar-refractivity contribution in [3.8, 4) is 0 Å². The second-order valence-electron chi connectivity index (χ2n) is 4.71. The second-order valence-corrected chi connectivity index (χ2v) is 4.71. The molecule has 5 nitrogen and oxygen atoms in total. The maximum Gasteiger partial charge on any atom is 0.373 e. The number of hydrogen-bond acceptors (Lipinski definition) is 5. The minimum absolute atomic E-state index is 0.238. The minimum atomic E-state index is -0.448. The van der Waals surface area contributed by atoms with Crippen LogP contribution >= 0.6 is 0 Å². The summed E-state index contributed by atoms with van der Waals surface area (Å²) in [5.74, 6) is 0.513. The van der Waals surface area contributed by atoms with Gasteiger partial charge in [0, 0.05) is 6.54 Å². The summed E-state index contributed by atoms with van der Waals surface area (Å²) in [5.41, 5.74) is 0. The lowest BCUT2D eigenvalue weighted by atomic mass is 10.3. The van der Waals surface area contributed by atoms with Crippen LogP contribution in [-0.4, -0.2) is 32.3 Å². The van der Waals surface area contributed by atoms with Gasteiger partial charge in [-0.2, -0.15) is 0 Å². The van der Waals surface area contributed by atoms with Crippen molar-refractivity contribution < 1.29 is 18.7 Å². The molecule has 0 radical (unpaired) electrons. The van der Waals surface area contributed by atoms with Crippen LogP contribution in [0.1, 0.15) is 42.0 Å². The van der Waals surface area contributed by atoms with Gasteiger partial charge < -0.3 is 19.2 Å². The fraction of sp³-hybridized carbons (Fsp3) is 0.643. The molecular formula is C14H21NO4. The molecule has 0 aromatic carbocycles. The second kappa shape index (κ2) is 7.31. The van der Waals surface area contributed by atoms with E-state index in [1.165, 1.54) is 32.8 Å². The molecule has 0 aliphatic heterocycles. The Bertz CT molecular complexity index is 396. The lowest BCUT2D eigenvalue weighted by Crippen LogP contribution is -2.21. The third-order valence-electron chi connectivity index (χ3n) is 3.28. The summed E-state index contributed by atoms with van der Waals surface area (Å²) in [7, 11) is 1.34. The first kappa shape index (κ1) is 14.1. The van der Waals surface area contributed by atoms with Crippen LogP contribution in [0.5, 0.6) is 0 Å². The van der Waals surface area contributed by atoms with Gasteiger partial charge in [0.1, 0.15) is 5.76 Å². The Hall–Kier alpha value is -1.33. The Labute approximate surface area is 113 Å². The maximum atomic E-state index is 11.2. The zero-order valence-electron chi connectivity index (χ0n) is 11.3. The highest BCUT2D eigenvalue weighted by molar-refractivity contribution is 5.86. The largest absolute Gasteiger partial charge is 0.463 e. The fourth-order valence-corrected chi connectivity index (χ4v) is 2.25. The quantitative estimate of drug-likeness (QED) is 0.605. The van der Waals surface area contributed by atoms with Crippen molar-refractivity contribution in [2.24, 2.45) is 0 Å². The number of hydrogen-bond donors (Lipinski definition) is 1. The van der Waals surface area contributed by atoms with E-state index in [4.69, 9.17) is 9.15 Å². The minimum Gasteiger partial charge on any atom is -0.463 e. The number of ether oxygens (including phenoxy) is 2. The molecule has 1 heterocycles. The molecule has 2 rings (SSSR count). The number of rotatable bonds is 7. The monoisotopic (exact) mass is 267 g/mol. The molecule has 0 bridgehead atoms. The molecule has 1 aliphatic carbocycles. The van der Waals surface area contributed by atoms with E-state index < -0.39 is 5.97 Å². The van der Waals surface area contributed by atoms with Crippen molar-refractivity contribution in [2.45, 2.75) is 38.3 Å². The molecule has 0 amide bonds. The van der Waals surface area contributed by atoms with Crippen LogP contribution in [0.15, 0.2) is 16.5 Å². The average molecular weight is 267 g/mol. The van der Waals surface area contributed by atoms with Gasteiger partial charge in [0.2, 0.25) is 5.76 Å². The lowest BCUT2D eigenvalue weighted by molar-refractivity contribution is 0.0558. The van der Waals surface area contributed by atoms with Crippen molar-refractivity contribution >= 4 is 5.97 Å². The van der Waals surface area contributed by atoms with Crippen molar-refractivity contribution in [2.75, 3.05) is 20.3 Å². The smallest absolute Gasteiger partial charge is 0.373 e. The number of esters is 1. The van der Waals surface area contributed by atoms with Crippen molar-refractivity contribution in [1.29, 1.82) is 0 Å². The third-order valence-corrected chi connectivity index (χ3v) is 3.28. The van der Waals surface area contributed by atoms with Crippen LogP contribution in [0.4, 0.5) is 0 Å². The van der Waals surface area contributed by atoms with Crippen molar-refractivity contribution in [3.05, 3.63) is 23.7 Å². The van der Waals surface area contributed by atoms with Gasteiger partial charge in [0.25, 0.3) is 0 Å². The molecule has 1 fully saturated rings. The molecule has 19 heavy (non-hydrogen) atoms. The highest BCUT2D eigenvalue weighted by Crippen LogP contribution is 2.20. The molecular weight excluding hydrogens is 246 g/mol. The van der Waals surface area contributed by atoms with E-state index in [-0.39, 0.29) is 5.76 Å². The van der Waals surface area contributed by atoms with Crippen LogP contribution in [0.2, 0.25) is 0 Å². The zero-order valence-corrected chi connectivity index (χ0v) is 11.3. The first-order valence-corrected chi connectivity index (χ1v) is 6.79. The molecule has 0 saturated heterocycles. The van der Waals surface area contributed by atoms with E-state index in [1.54, 1.807) is 12.1 Å². The zero-order chi connectivity index (χ0) is 13.5. The van der Waals surface area contributed by atoms with Crippen molar-refractivity contribution in [3.63, 3.8) is 0 Å².